The molecule has 0 heterocycles. The number of halogens is 2. The molecule has 0 aliphatic rings. The number of hydrogen-bond acceptors (Lipinski definition) is 2. The molecule has 1 N–H and O–H groups in total. The summed E-state index contributed by atoms with van der Waals surface area (Å²) >= 11 is 0. The SMILES string of the molecule is CC(C)(C(=O)O)c1cccc(OC(F)F)c1. The normalized spacial score (nSPS) is 11.6. The van der Waals surface area contributed by atoms with Crippen LogP contribution >= 0.6 is 0 Å². The number of benzene rings is 1. The summed E-state index contributed by atoms with van der Waals surface area (Å²) in [7, 11) is 0. The van der Waals surface area contributed by atoms with E-state index in [9.17, 15) is 13.6 Å². The quantitative estimate of drug-likeness (QED) is 0.864. The largest absolute Gasteiger partial charge is 0.481 e. The van der Waals surface area contributed by atoms with Crippen LogP contribution in [0.4, 0.5) is 8.78 Å². The zero-order valence-electron chi connectivity index (χ0n) is 8.91. The standard InChI is InChI=1S/C11H12F2O3/c1-11(2,9(14)15)7-4-3-5-8(6-7)16-10(12)13/h3-6,10H,1-2H3,(H,14,15). The molecule has 0 radical (unpaired) electrons. The van der Waals surface area contributed by atoms with Gasteiger partial charge in [0.1, 0.15) is 5.75 Å². The van der Waals surface area contributed by atoms with Crippen LogP contribution < -0.4 is 4.74 Å². The van der Waals surface area contributed by atoms with E-state index >= 15 is 0 Å². The van der Waals surface area contributed by atoms with Gasteiger partial charge in [0.25, 0.3) is 0 Å². The number of ether oxygens (including phenoxy) is 1. The first-order chi connectivity index (χ1) is 7.34. The van der Waals surface area contributed by atoms with Crippen LogP contribution in [0.1, 0.15) is 19.4 Å². The summed E-state index contributed by atoms with van der Waals surface area (Å²) in [6, 6.07) is 5.71. The fourth-order valence-corrected chi connectivity index (χ4v) is 1.18. The van der Waals surface area contributed by atoms with Crippen molar-refractivity contribution >= 4 is 5.97 Å². The third-order valence-electron chi connectivity index (χ3n) is 2.32. The Labute approximate surface area is 91.7 Å². The lowest BCUT2D eigenvalue weighted by molar-refractivity contribution is -0.142. The van der Waals surface area contributed by atoms with Crippen LogP contribution in [0.3, 0.4) is 0 Å². The highest BCUT2D eigenvalue weighted by Crippen LogP contribution is 2.27. The van der Waals surface area contributed by atoms with Gasteiger partial charge in [-0.05, 0) is 31.5 Å². The first-order valence-electron chi connectivity index (χ1n) is 4.63. The zero-order chi connectivity index (χ0) is 12.3. The third kappa shape index (κ3) is 2.68. The fourth-order valence-electron chi connectivity index (χ4n) is 1.18. The Balaban J connectivity index is 3.03. The van der Waals surface area contributed by atoms with Crippen LogP contribution in [-0.4, -0.2) is 17.7 Å². The summed E-state index contributed by atoms with van der Waals surface area (Å²) in [5, 5.41) is 8.98. The highest BCUT2D eigenvalue weighted by molar-refractivity contribution is 5.80. The molecule has 88 valence electrons. The maximum atomic E-state index is 12.0. The van der Waals surface area contributed by atoms with Crippen LogP contribution in [-0.2, 0) is 10.2 Å². The van der Waals surface area contributed by atoms with Crippen LogP contribution in [0.2, 0.25) is 0 Å². The molecule has 0 fully saturated rings. The maximum Gasteiger partial charge on any atom is 0.387 e. The lowest BCUT2D eigenvalue weighted by Gasteiger charge is -2.20. The first-order valence-corrected chi connectivity index (χ1v) is 4.63. The van der Waals surface area contributed by atoms with Crippen molar-refractivity contribution in [3.63, 3.8) is 0 Å². The minimum Gasteiger partial charge on any atom is -0.481 e. The fraction of sp³-hybridized carbons (Fsp3) is 0.364. The van der Waals surface area contributed by atoms with E-state index in [-0.39, 0.29) is 5.75 Å². The van der Waals surface area contributed by atoms with Crippen molar-refractivity contribution in [2.24, 2.45) is 0 Å². The number of hydrogen-bond donors (Lipinski definition) is 1. The van der Waals surface area contributed by atoms with Gasteiger partial charge in [-0.25, -0.2) is 0 Å². The van der Waals surface area contributed by atoms with E-state index in [1.54, 1.807) is 6.07 Å². The smallest absolute Gasteiger partial charge is 0.387 e. The Morgan fingerprint density at radius 3 is 2.56 bits per heavy atom. The number of alkyl halides is 2. The molecule has 5 heteroatoms. The zero-order valence-corrected chi connectivity index (χ0v) is 8.91. The van der Waals surface area contributed by atoms with Crippen LogP contribution in [0.15, 0.2) is 24.3 Å². The van der Waals surface area contributed by atoms with E-state index in [2.05, 4.69) is 4.74 Å². The minimum atomic E-state index is -2.91. The third-order valence-corrected chi connectivity index (χ3v) is 2.32. The predicted octanol–water partition coefficient (Wildman–Crippen LogP) is 2.65. The van der Waals surface area contributed by atoms with Gasteiger partial charge in [-0.1, -0.05) is 12.1 Å². The molecule has 16 heavy (non-hydrogen) atoms. The topological polar surface area (TPSA) is 46.5 Å². The molecule has 3 nitrogen and oxygen atoms in total. The Bertz CT molecular complexity index is 389. The second-order valence-corrected chi connectivity index (χ2v) is 3.84. The Morgan fingerprint density at radius 2 is 2.06 bits per heavy atom. The molecule has 0 aliphatic carbocycles. The van der Waals surface area contributed by atoms with Gasteiger partial charge in [0, 0.05) is 0 Å². The molecular formula is C11H12F2O3. The summed E-state index contributed by atoms with van der Waals surface area (Å²) in [6.07, 6.45) is 0. The average Bonchev–Trinajstić information content (AvgIpc) is 2.16. The van der Waals surface area contributed by atoms with Crippen molar-refractivity contribution in [2.75, 3.05) is 0 Å². The lowest BCUT2D eigenvalue weighted by Crippen LogP contribution is -2.28. The van der Waals surface area contributed by atoms with Crippen molar-refractivity contribution in [2.45, 2.75) is 25.9 Å². The molecule has 1 aromatic rings. The molecule has 0 saturated heterocycles. The average molecular weight is 230 g/mol. The Morgan fingerprint density at radius 1 is 1.44 bits per heavy atom. The molecule has 1 rings (SSSR count). The second-order valence-electron chi connectivity index (χ2n) is 3.84. The van der Waals surface area contributed by atoms with Crippen molar-refractivity contribution in [1.82, 2.24) is 0 Å². The summed E-state index contributed by atoms with van der Waals surface area (Å²) in [4.78, 5) is 11.0. The molecular weight excluding hydrogens is 218 g/mol. The highest BCUT2D eigenvalue weighted by Gasteiger charge is 2.29. The number of carboxylic acid groups (broad SMARTS) is 1. The van der Waals surface area contributed by atoms with Crippen LogP contribution in [0.25, 0.3) is 0 Å². The minimum absolute atomic E-state index is 0.0400. The van der Waals surface area contributed by atoms with Gasteiger partial charge in [0.2, 0.25) is 0 Å². The van der Waals surface area contributed by atoms with E-state index in [1.807, 2.05) is 0 Å². The molecule has 0 saturated carbocycles. The van der Waals surface area contributed by atoms with E-state index in [0.717, 1.165) is 0 Å². The van der Waals surface area contributed by atoms with Gasteiger partial charge in [-0.3, -0.25) is 4.79 Å². The van der Waals surface area contributed by atoms with E-state index < -0.39 is 18.0 Å². The summed E-state index contributed by atoms with van der Waals surface area (Å²) in [5.74, 6) is -1.07. The number of carboxylic acids is 1. The molecule has 0 atom stereocenters. The van der Waals surface area contributed by atoms with Gasteiger partial charge >= 0.3 is 12.6 Å². The van der Waals surface area contributed by atoms with E-state index in [1.165, 1.54) is 32.0 Å². The van der Waals surface area contributed by atoms with E-state index in [4.69, 9.17) is 5.11 Å². The summed E-state index contributed by atoms with van der Waals surface area (Å²) < 4.78 is 28.1. The molecule has 1 aromatic carbocycles. The lowest BCUT2D eigenvalue weighted by atomic mass is 9.85. The highest BCUT2D eigenvalue weighted by atomic mass is 19.3. The Hall–Kier alpha value is -1.65. The summed E-state index contributed by atoms with van der Waals surface area (Å²) in [6.45, 7) is 0.0800. The number of rotatable bonds is 4. The molecule has 0 unspecified atom stereocenters. The monoisotopic (exact) mass is 230 g/mol. The van der Waals surface area contributed by atoms with Crippen molar-refractivity contribution < 1.29 is 23.4 Å². The van der Waals surface area contributed by atoms with Crippen LogP contribution in [0.5, 0.6) is 5.75 Å². The van der Waals surface area contributed by atoms with Gasteiger partial charge in [-0.2, -0.15) is 8.78 Å². The van der Waals surface area contributed by atoms with Gasteiger partial charge in [-0.15, -0.1) is 0 Å². The molecule has 0 bridgehead atoms. The molecule has 0 aliphatic heterocycles. The maximum absolute atomic E-state index is 12.0. The molecule has 0 spiro atoms. The first kappa shape index (κ1) is 12.4. The number of carbonyl (C=O) groups is 1. The van der Waals surface area contributed by atoms with Crippen molar-refractivity contribution in [3.8, 4) is 5.75 Å². The predicted molar refractivity (Wildman–Crippen MR) is 53.7 cm³/mol. The second kappa shape index (κ2) is 4.47. The van der Waals surface area contributed by atoms with Gasteiger partial charge in [0.15, 0.2) is 0 Å². The van der Waals surface area contributed by atoms with E-state index in [0.29, 0.717) is 5.56 Å². The van der Waals surface area contributed by atoms with Gasteiger partial charge < -0.3 is 9.84 Å². The van der Waals surface area contributed by atoms with Gasteiger partial charge in [0.05, 0.1) is 5.41 Å². The molecule has 0 amide bonds. The number of aliphatic carboxylic acids is 1. The van der Waals surface area contributed by atoms with Crippen LogP contribution in [0, 0.1) is 0 Å². The molecule has 0 aromatic heterocycles. The Kier molecular flexibility index (Phi) is 3.47. The summed E-state index contributed by atoms with van der Waals surface area (Å²) in [5.41, 5.74) is -0.722. The van der Waals surface area contributed by atoms with Crippen molar-refractivity contribution in [1.29, 1.82) is 0 Å². The van der Waals surface area contributed by atoms with Crippen molar-refractivity contribution in [3.05, 3.63) is 29.8 Å².